The maximum Gasteiger partial charge on any atom is 0.0731 e. The first-order valence-corrected chi connectivity index (χ1v) is 6.59. The van der Waals surface area contributed by atoms with Crippen molar-refractivity contribution in [3.63, 3.8) is 0 Å². The summed E-state index contributed by atoms with van der Waals surface area (Å²) in [7, 11) is 0. The summed E-state index contributed by atoms with van der Waals surface area (Å²) in [5, 5.41) is 11.8. The Morgan fingerprint density at radius 2 is 1.67 bits per heavy atom. The molecule has 0 saturated heterocycles. The molecular weight excluding hydrogens is 291 g/mol. The fourth-order valence-corrected chi connectivity index (χ4v) is 2.87. The maximum atomic E-state index is 11.0. The molecule has 18 heavy (non-hydrogen) atoms. The zero-order chi connectivity index (χ0) is 13.1. The van der Waals surface area contributed by atoms with Crippen molar-refractivity contribution in [3.05, 3.63) is 58.1 Å². The number of halogens is 2. The average Bonchev–Trinajstić information content (AvgIpc) is 2.35. The van der Waals surface area contributed by atoms with E-state index in [2.05, 4.69) is 0 Å². The van der Waals surface area contributed by atoms with Gasteiger partial charge in [0.1, 0.15) is 0 Å². The number of aromatic carboxylic acids is 1. The van der Waals surface area contributed by atoms with E-state index < -0.39 is 5.97 Å². The van der Waals surface area contributed by atoms with Crippen LogP contribution in [-0.2, 0) is 0 Å². The Morgan fingerprint density at radius 3 is 2.39 bits per heavy atom. The lowest BCUT2D eigenvalue weighted by molar-refractivity contribution is -0.255. The van der Waals surface area contributed by atoms with Gasteiger partial charge in [0.25, 0.3) is 0 Å². The molecule has 2 aromatic carbocycles. The molecular formula is C13H7Cl2O2S-. The summed E-state index contributed by atoms with van der Waals surface area (Å²) >= 11 is 13.2. The van der Waals surface area contributed by atoms with Crippen molar-refractivity contribution in [2.45, 2.75) is 9.79 Å². The zero-order valence-corrected chi connectivity index (χ0v) is 11.4. The molecule has 0 radical (unpaired) electrons. The van der Waals surface area contributed by atoms with E-state index in [0.717, 1.165) is 0 Å². The van der Waals surface area contributed by atoms with Gasteiger partial charge < -0.3 is 9.90 Å². The van der Waals surface area contributed by atoms with Crippen molar-refractivity contribution in [2.24, 2.45) is 0 Å². The van der Waals surface area contributed by atoms with Crippen LogP contribution in [0.3, 0.4) is 0 Å². The summed E-state index contributed by atoms with van der Waals surface area (Å²) in [6.45, 7) is 0. The number of carbonyl (C=O) groups excluding carboxylic acids is 1. The molecule has 0 aromatic heterocycles. The molecule has 2 nitrogen and oxygen atoms in total. The van der Waals surface area contributed by atoms with Gasteiger partial charge in [-0.25, -0.2) is 0 Å². The van der Waals surface area contributed by atoms with E-state index in [1.165, 1.54) is 17.8 Å². The topological polar surface area (TPSA) is 40.1 Å². The summed E-state index contributed by atoms with van der Waals surface area (Å²) < 4.78 is 0. The summed E-state index contributed by atoms with van der Waals surface area (Å²) in [6, 6.07) is 11.8. The molecule has 0 aliphatic heterocycles. The average molecular weight is 298 g/mol. The zero-order valence-electron chi connectivity index (χ0n) is 9.02. The van der Waals surface area contributed by atoms with E-state index >= 15 is 0 Å². The molecule has 0 saturated carbocycles. The second-order valence-electron chi connectivity index (χ2n) is 3.44. The fraction of sp³-hybridized carbons (Fsp3) is 0. The van der Waals surface area contributed by atoms with Gasteiger partial charge in [-0.15, -0.1) is 0 Å². The van der Waals surface area contributed by atoms with Crippen molar-refractivity contribution >= 4 is 40.9 Å². The second-order valence-corrected chi connectivity index (χ2v) is 5.31. The Morgan fingerprint density at radius 1 is 1.00 bits per heavy atom. The Kier molecular flexibility index (Phi) is 4.17. The minimum absolute atomic E-state index is 0.138. The quantitative estimate of drug-likeness (QED) is 0.870. The van der Waals surface area contributed by atoms with Crippen LogP contribution in [0.5, 0.6) is 0 Å². The predicted octanol–water partition coefficient (Wildman–Crippen LogP) is 3.51. The van der Waals surface area contributed by atoms with Crippen molar-refractivity contribution < 1.29 is 9.90 Å². The normalized spacial score (nSPS) is 10.3. The molecule has 0 amide bonds. The first kappa shape index (κ1) is 13.3. The number of carboxylic acid groups (broad SMARTS) is 1. The number of carbonyl (C=O) groups is 1. The lowest BCUT2D eigenvalue weighted by Crippen LogP contribution is -2.22. The number of carboxylic acids is 1. The monoisotopic (exact) mass is 297 g/mol. The number of benzene rings is 2. The van der Waals surface area contributed by atoms with Crippen LogP contribution in [0.4, 0.5) is 0 Å². The highest BCUT2D eigenvalue weighted by Gasteiger charge is 2.09. The number of hydrogen-bond acceptors (Lipinski definition) is 3. The molecule has 0 unspecified atom stereocenters. The third-order valence-electron chi connectivity index (χ3n) is 2.24. The molecule has 0 heterocycles. The molecule has 0 bridgehead atoms. The third kappa shape index (κ3) is 2.80. The highest BCUT2D eigenvalue weighted by Crippen LogP contribution is 2.38. The van der Waals surface area contributed by atoms with E-state index in [1.807, 2.05) is 0 Å². The second kappa shape index (κ2) is 5.65. The highest BCUT2D eigenvalue weighted by molar-refractivity contribution is 7.99. The van der Waals surface area contributed by atoms with Crippen molar-refractivity contribution in [3.8, 4) is 0 Å². The van der Waals surface area contributed by atoms with E-state index in [9.17, 15) is 9.90 Å². The van der Waals surface area contributed by atoms with Crippen LogP contribution in [0.15, 0.2) is 52.3 Å². The largest absolute Gasteiger partial charge is 0.545 e. The Labute approximate surface area is 119 Å². The van der Waals surface area contributed by atoms with Crippen LogP contribution in [-0.4, -0.2) is 5.97 Å². The highest BCUT2D eigenvalue weighted by atomic mass is 35.5. The van der Waals surface area contributed by atoms with Crippen LogP contribution >= 0.6 is 35.0 Å². The molecule has 92 valence electrons. The molecule has 2 aromatic rings. The summed E-state index contributed by atoms with van der Waals surface area (Å²) in [5.74, 6) is -1.21. The summed E-state index contributed by atoms with van der Waals surface area (Å²) in [4.78, 5) is 12.3. The van der Waals surface area contributed by atoms with Gasteiger partial charge >= 0.3 is 0 Å². The van der Waals surface area contributed by atoms with Gasteiger partial charge in [-0.1, -0.05) is 59.2 Å². The van der Waals surface area contributed by atoms with E-state index in [0.29, 0.717) is 19.8 Å². The predicted molar refractivity (Wildman–Crippen MR) is 71.4 cm³/mol. The van der Waals surface area contributed by atoms with Gasteiger partial charge in [0.2, 0.25) is 0 Å². The molecule has 0 N–H and O–H groups in total. The Bertz CT molecular complexity index is 599. The maximum absolute atomic E-state index is 11.0. The third-order valence-corrected chi connectivity index (χ3v) is 4.31. The molecule has 0 spiro atoms. The van der Waals surface area contributed by atoms with Crippen molar-refractivity contribution in [1.29, 1.82) is 0 Å². The number of hydrogen-bond donors (Lipinski definition) is 0. The van der Waals surface area contributed by atoms with Crippen LogP contribution in [0.2, 0.25) is 10.0 Å². The van der Waals surface area contributed by atoms with E-state index in [4.69, 9.17) is 23.2 Å². The Hall–Kier alpha value is -1.16. The van der Waals surface area contributed by atoms with E-state index in [-0.39, 0.29) is 5.56 Å². The van der Waals surface area contributed by atoms with Gasteiger partial charge in [0.05, 0.1) is 16.0 Å². The first-order valence-electron chi connectivity index (χ1n) is 5.02. The molecule has 2 rings (SSSR count). The number of rotatable bonds is 3. The van der Waals surface area contributed by atoms with Crippen LogP contribution in [0.25, 0.3) is 0 Å². The first-order chi connectivity index (χ1) is 8.59. The van der Waals surface area contributed by atoms with Gasteiger partial charge in [-0.2, -0.15) is 0 Å². The molecule has 0 fully saturated rings. The van der Waals surface area contributed by atoms with Gasteiger partial charge in [0.15, 0.2) is 0 Å². The minimum Gasteiger partial charge on any atom is -0.545 e. The summed E-state index contributed by atoms with van der Waals surface area (Å²) in [6.07, 6.45) is 0. The smallest absolute Gasteiger partial charge is 0.0731 e. The standard InChI is InChI=1S/C13H8Cl2O2S/c14-9-5-3-7-11(12(9)15)18-10-6-2-1-4-8(10)13(16)17/h1-7H,(H,16,17)/p-1. The van der Waals surface area contributed by atoms with Crippen LogP contribution in [0.1, 0.15) is 10.4 Å². The fourth-order valence-electron chi connectivity index (χ4n) is 1.41. The summed E-state index contributed by atoms with van der Waals surface area (Å²) in [5.41, 5.74) is 0.138. The van der Waals surface area contributed by atoms with Gasteiger partial charge in [-0.05, 0) is 18.2 Å². The van der Waals surface area contributed by atoms with Crippen molar-refractivity contribution in [2.75, 3.05) is 0 Å². The van der Waals surface area contributed by atoms with E-state index in [1.54, 1.807) is 36.4 Å². The van der Waals surface area contributed by atoms with Crippen molar-refractivity contribution in [1.82, 2.24) is 0 Å². The lowest BCUT2D eigenvalue weighted by atomic mass is 10.2. The molecule has 5 heteroatoms. The molecule has 0 aliphatic carbocycles. The Balaban J connectivity index is 2.40. The van der Waals surface area contributed by atoms with Gasteiger partial charge in [0, 0.05) is 15.4 Å². The minimum atomic E-state index is -1.21. The van der Waals surface area contributed by atoms with Crippen LogP contribution < -0.4 is 5.11 Å². The lowest BCUT2D eigenvalue weighted by Gasteiger charge is -2.10. The SMILES string of the molecule is O=C([O-])c1ccccc1Sc1cccc(Cl)c1Cl. The molecule has 0 atom stereocenters. The molecule has 0 aliphatic rings. The van der Waals surface area contributed by atoms with Crippen LogP contribution in [0, 0.1) is 0 Å². The van der Waals surface area contributed by atoms with Gasteiger partial charge in [-0.3, -0.25) is 0 Å².